The zero-order valence-corrected chi connectivity index (χ0v) is 17.8. The van der Waals surface area contributed by atoms with Crippen molar-refractivity contribution < 1.29 is 14.2 Å². The molecule has 1 aromatic carbocycles. The number of hydrogen-bond donors (Lipinski definition) is 0. The van der Waals surface area contributed by atoms with Crippen molar-refractivity contribution in [2.45, 2.75) is 96.6 Å². The Morgan fingerprint density at radius 2 is 1.74 bits per heavy atom. The molecular weight excluding hydrogens is 336 g/mol. The van der Waals surface area contributed by atoms with E-state index in [9.17, 15) is 0 Å². The highest BCUT2D eigenvalue weighted by atomic mass is 16.7. The fraction of sp³-hybridized carbons (Fsp3) is 0.750. The Balaban J connectivity index is 1.82. The maximum Gasteiger partial charge on any atom is 0.160 e. The van der Waals surface area contributed by atoms with E-state index in [0.29, 0.717) is 19.1 Å². The molecule has 1 fully saturated rings. The molecule has 0 spiro atoms. The van der Waals surface area contributed by atoms with E-state index in [1.165, 1.54) is 50.5 Å². The van der Waals surface area contributed by atoms with Crippen LogP contribution in [-0.2, 0) is 20.8 Å². The van der Waals surface area contributed by atoms with Gasteiger partial charge in [0.25, 0.3) is 0 Å². The molecule has 0 aliphatic carbocycles. The monoisotopic (exact) mass is 376 g/mol. The van der Waals surface area contributed by atoms with Crippen LogP contribution >= 0.6 is 0 Å². The Bertz CT molecular complexity index is 490. The Kier molecular flexibility index (Phi) is 10.4. The first kappa shape index (κ1) is 22.4. The lowest BCUT2D eigenvalue weighted by molar-refractivity contribution is -0.264. The lowest BCUT2D eigenvalue weighted by atomic mass is 9.85. The van der Waals surface area contributed by atoms with Crippen molar-refractivity contribution in [1.29, 1.82) is 0 Å². The first-order chi connectivity index (χ1) is 13.2. The largest absolute Gasteiger partial charge is 0.374 e. The molecule has 0 saturated carbocycles. The van der Waals surface area contributed by atoms with Gasteiger partial charge in [0.1, 0.15) is 0 Å². The highest BCUT2D eigenvalue weighted by molar-refractivity contribution is 5.13. The normalized spacial score (nSPS) is 25.6. The van der Waals surface area contributed by atoms with Crippen molar-refractivity contribution in [3.63, 3.8) is 0 Å². The van der Waals surface area contributed by atoms with Crippen LogP contribution < -0.4 is 0 Å². The predicted molar refractivity (Wildman–Crippen MR) is 112 cm³/mol. The first-order valence-corrected chi connectivity index (χ1v) is 11.0. The van der Waals surface area contributed by atoms with Gasteiger partial charge in [-0.3, -0.25) is 0 Å². The summed E-state index contributed by atoms with van der Waals surface area (Å²) in [6.45, 7) is 5.80. The summed E-state index contributed by atoms with van der Waals surface area (Å²) in [6.07, 6.45) is 12.4. The first-order valence-electron chi connectivity index (χ1n) is 11.0. The summed E-state index contributed by atoms with van der Waals surface area (Å²) in [7, 11) is 1.76. The Morgan fingerprint density at radius 3 is 2.44 bits per heavy atom. The molecule has 3 nitrogen and oxygen atoms in total. The van der Waals surface area contributed by atoms with Crippen LogP contribution in [0.2, 0.25) is 0 Å². The Hall–Kier alpha value is -0.900. The van der Waals surface area contributed by atoms with Gasteiger partial charge in [-0.25, -0.2) is 0 Å². The fourth-order valence-corrected chi connectivity index (χ4v) is 4.02. The second-order valence-corrected chi connectivity index (χ2v) is 8.27. The zero-order valence-electron chi connectivity index (χ0n) is 17.8. The summed E-state index contributed by atoms with van der Waals surface area (Å²) in [4.78, 5) is 0. The molecule has 1 aromatic rings. The number of methoxy groups -OCH3 is 1. The van der Waals surface area contributed by atoms with Crippen molar-refractivity contribution >= 4 is 0 Å². The highest BCUT2D eigenvalue weighted by Crippen LogP contribution is 2.37. The topological polar surface area (TPSA) is 27.7 Å². The van der Waals surface area contributed by atoms with Crippen LogP contribution in [0.25, 0.3) is 0 Å². The van der Waals surface area contributed by atoms with Crippen molar-refractivity contribution in [3.8, 4) is 0 Å². The molecule has 0 bridgehead atoms. The number of rotatable bonds is 13. The van der Waals surface area contributed by atoms with Gasteiger partial charge in [0.15, 0.2) is 6.29 Å². The summed E-state index contributed by atoms with van der Waals surface area (Å²) in [5.41, 5.74) is 1.03. The molecule has 0 N–H and O–H groups in total. The lowest BCUT2D eigenvalue weighted by Gasteiger charge is -2.43. The Morgan fingerprint density at radius 1 is 1.04 bits per heavy atom. The van der Waals surface area contributed by atoms with Crippen LogP contribution in [0.1, 0.15) is 83.6 Å². The molecule has 0 amide bonds. The molecule has 154 valence electrons. The smallest absolute Gasteiger partial charge is 0.160 e. The van der Waals surface area contributed by atoms with Gasteiger partial charge < -0.3 is 14.2 Å². The van der Waals surface area contributed by atoms with E-state index in [0.717, 1.165) is 19.3 Å². The van der Waals surface area contributed by atoms with Gasteiger partial charge in [-0.2, -0.15) is 0 Å². The summed E-state index contributed by atoms with van der Waals surface area (Å²) in [5.74, 6) is 0.450. The van der Waals surface area contributed by atoms with Crippen molar-refractivity contribution in [2.75, 3.05) is 13.7 Å². The van der Waals surface area contributed by atoms with Gasteiger partial charge in [-0.1, -0.05) is 89.1 Å². The number of hydrogen-bond acceptors (Lipinski definition) is 3. The van der Waals surface area contributed by atoms with Gasteiger partial charge in [0, 0.05) is 13.0 Å². The molecule has 1 saturated heterocycles. The van der Waals surface area contributed by atoms with E-state index in [2.05, 4.69) is 38.1 Å². The Labute approximate surface area is 166 Å². The highest BCUT2D eigenvalue weighted by Gasteiger charge is 2.40. The quantitative estimate of drug-likeness (QED) is 0.368. The second kappa shape index (κ2) is 12.5. The van der Waals surface area contributed by atoms with E-state index >= 15 is 0 Å². The second-order valence-electron chi connectivity index (χ2n) is 8.27. The van der Waals surface area contributed by atoms with Crippen LogP contribution in [0.15, 0.2) is 30.3 Å². The third-order valence-corrected chi connectivity index (χ3v) is 5.83. The molecule has 0 aromatic heterocycles. The van der Waals surface area contributed by atoms with Gasteiger partial charge in [-0.05, 0) is 24.8 Å². The summed E-state index contributed by atoms with van der Waals surface area (Å²) in [6, 6.07) is 10.4. The maximum absolute atomic E-state index is 6.47. The van der Waals surface area contributed by atoms with Crippen molar-refractivity contribution in [2.24, 2.45) is 5.92 Å². The number of unbranched alkanes of at least 4 members (excludes halogenated alkanes) is 6. The van der Waals surface area contributed by atoms with Gasteiger partial charge in [0.2, 0.25) is 0 Å². The SMILES string of the molecule is CCCCCCCCC[C@@]1(COCc2ccccc2)CCC(C)C(OC)O1. The van der Waals surface area contributed by atoms with E-state index < -0.39 is 0 Å². The molecule has 1 heterocycles. The molecule has 3 atom stereocenters. The minimum atomic E-state index is -0.189. The van der Waals surface area contributed by atoms with Gasteiger partial charge in [0.05, 0.1) is 18.8 Å². The van der Waals surface area contributed by atoms with E-state index in [-0.39, 0.29) is 11.9 Å². The average Bonchev–Trinajstić information content (AvgIpc) is 2.70. The third kappa shape index (κ3) is 7.93. The summed E-state index contributed by atoms with van der Waals surface area (Å²) in [5, 5.41) is 0. The molecular formula is C24H40O3. The fourth-order valence-electron chi connectivity index (χ4n) is 4.02. The predicted octanol–water partition coefficient (Wildman–Crippen LogP) is 6.50. The average molecular weight is 377 g/mol. The summed E-state index contributed by atoms with van der Waals surface area (Å²) >= 11 is 0. The third-order valence-electron chi connectivity index (χ3n) is 5.83. The van der Waals surface area contributed by atoms with Crippen LogP contribution in [0.4, 0.5) is 0 Å². The van der Waals surface area contributed by atoms with Crippen molar-refractivity contribution in [1.82, 2.24) is 0 Å². The number of ether oxygens (including phenoxy) is 3. The van der Waals surface area contributed by atoms with Crippen LogP contribution in [-0.4, -0.2) is 25.6 Å². The molecule has 1 aliphatic heterocycles. The van der Waals surface area contributed by atoms with Gasteiger partial charge in [-0.15, -0.1) is 0 Å². The molecule has 3 heteroatoms. The molecule has 2 rings (SSSR count). The molecule has 2 unspecified atom stereocenters. The van der Waals surface area contributed by atoms with Gasteiger partial charge >= 0.3 is 0 Å². The van der Waals surface area contributed by atoms with Crippen molar-refractivity contribution in [3.05, 3.63) is 35.9 Å². The van der Waals surface area contributed by atoms with Crippen LogP contribution in [0.5, 0.6) is 0 Å². The van der Waals surface area contributed by atoms with Crippen LogP contribution in [0, 0.1) is 5.92 Å². The minimum Gasteiger partial charge on any atom is -0.374 e. The maximum atomic E-state index is 6.47. The standard InChI is InChI=1S/C24H40O3/c1-4-5-6-7-8-9-13-17-24(18-16-21(2)23(25-3)27-24)20-26-19-22-14-11-10-12-15-22/h10-12,14-15,21,23H,4-9,13,16-20H2,1-3H3/t21?,23?,24-/m0/s1. The van der Waals surface area contributed by atoms with E-state index in [1.54, 1.807) is 7.11 Å². The molecule has 27 heavy (non-hydrogen) atoms. The van der Waals surface area contributed by atoms with E-state index in [1.807, 2.05) is 6.07 Å². The number of benzene rings is 1. The minimum absolute atomic E-state index is 0.108. The molecule has 0 radical (unpaired) electrons. The summed E-state index contributed by atoms with van der Waals surface area (Å²) < 4.78 is 18.2. The van der Waals surface area contributed by atoms with E-state index in [4.69, 9.17) is 14.2 Å². The molecule has 1 aliphatic rings. The lowest BCUT2D eigenvalue weighted by Crippen LogP contribution is -2.48. The van der Waals surface area contributed by atoms with Crippen LogP contribution in [0.3, 0.4) is 0 Å². The zero-order chi connectivity index (χ0) is 19.4.